The first-order valence-corrected chi connectivity index (χ1v) is 6.45. The predicted octanol–water partition coefficient (Wildman–Crippen LogP) is 1.35. The van der Waals surface area contributed by atoms with Gasteiger partial charge in [0.05, 0.1) is 5.69 Å². The van der Waals surface area contributed by atoms with Crippen molar-refractivity contribution in [3.05, 3.63) is 28.2 Å². The summed E-state index contributed by atoms with van der Waals surface area (Å²) < 4.78 is 0.919. The summed E-state index contributed by atoms with van der Waals surface area (Å²) in [6.45, 7) is 5.08. The Morgan fingerprint density at radius 2 is 2.35 bits per heavy atom. The monoisotopic (exact) mass is 297 g/mol. The zero-order valence-electron chi connectivity index (χ0n) is 9.74. The van der Waals surface area contributed by atoms with E-state index in [1.54, 1.807) is 12.1 Å². The highest BCUT2D eigenvalue weighted by Crippen LogP contribution is 2.28. The molecule has 1 aliphatic rings. The molecule has 1 saturated heterocycles. The summed E-state index contributed by atoms with van der Waals surface area (Å²) >= 11 is 3.50. The van der Waals surface area contributed by atoms with Crippen LogP contribution in [0.3, 0.4) is 0 Å². The van der Waals surface area contributed by atoms with Crippen molar-refractivity contribution in [3.8, 4) is 0 Å². The Labute approximate surface area is 109 Å². The number of halogens is 1. The van der Waals surface area contributed by atoms with Crippen molar-refractivity contribution >= 4 is 27.5 Å². The molecule has 17 heavy (non-hydrogen) atoms. The Morgan fingerprint density at radius 1 is 1.59 bits per heavy atom. The Bertz CT molecular complexity index is 436. The number of anilines is 1. The molecule has 0 aromatic heterocycles. The maximum absolute atomic E-state index is 11.1. The van der Waals surface area contributed by atoms with Crippen LogP contribution in [0, 0.1) is 0 Å². The number of hydrogen-bond donors (Lipinski definition) is 2. The van der Waals surface area contributed by atoms with E-state index < -0.39 is 5.91 Å². The first-order valence-electron chi connectivity index (χ1n) is 5.65. The van der Waals surface area contributed by atoms with E-state index in [1.165, 1.54) is 0 Å². The molecule has 1 heterocycles. The highest BCUT2D eigenvalue weighted by Gasteiger charge is 2.18. The van der Waals surface area contributed by atoms with E-state index in [1.807, 2.05) is 6.07 Å². The van der Waals surface area contributed by atoms with E-state index in [9.17, 15) is 4.79 Å². The molecule has 1 aromatic carbocycles. The quantitative estimate of drug-likeness (QED) is 0.866. The average molecular weight is 298 g/mol. The van der Waals surface area contributed by atoms with Gasteiger partial charge >= 0.3 is 0 Å². The molecule has 0 bridgehead atoms. The third kappa shape index (κ3) is 2.79. The van der Waals surface area contributed by atoms with E-state index in [0.717, 1.165) is 29.8 Å². The molecule has 1 fully saturated rings. The van der Waals surface area contributed by atoms with E-state index in [-0.39, 0.29) is 0 Å². The maximum Gasteiger partial charge on any atom is 0.248 e. The molecule has 92 valence electrons. The Balaban J connectivity index is 2.23. The van der Waals surface area contributed by atoms with Crippen LogP contribution >= 0.6 is 15.9 Å². The maximum atomic E-state index is 11.1. The second-order valence-corrected chi connectivity index (χ2v) is 5.19. The fraction of sp³-hybridized carbons (Fsp3) is 0.417. The Hall–Kier alpha value is -1.07. The third-order valence-electron chi connectivity index (χ3n) is 2.94. The Morgan fingerprint density at radius 3 is 2.94 bits per heavy atom. The molecule has 0 radical (unpaired) electrons. The zero-order valence-corrected chi connectivity index (χ0v) is 11.3. The first kappa shape index (κ1) is 12.4. The molecule has 5 heteroatoms. The lowest BCUT2D eigenvalue weighted by Crippen LogP contribution is -2.49. The number of carbonyl (C=O) groups excluding carboxylic acids is 1. The van der Waals surface area contributed by atoms with Crippen molar-refractivity contribution in [2.75, 3.05) is 24.5 Å². The van der Waals surface area contributed by atoms with Gasteiger partial charge in [0, 0.05) is 35.7 Å². The number of nitrogens with one attached hydrogen (secondary N) is 1. The highest BCUT2D eigenvalue weighted by molar-refractivity contribution is 9.10. The number of piperazine rings is 1. The van der Waals surface area contributed by atoms with Gasteiger partial charge < -0.3 is 16.0 Å². The van der Waals surface area contributed by atoms with Gasteiger partial charge in [-0.3, -0.25) is 4.79 Å². The van der Waals surface area contributed by atoms with E-state index in [4.69, 9.17) is 5.73 Å². The van der Waals surface area contributed by atoms with Gasteiger partial charge in [0.1, 0.15) is 0 Å². The summed E-state index contributed by atoms with van der Waals surface area (Å²) in [6.07, 6.45) is 0. The summed E-state index contributed by atoms with van der Waals surface area (Å²) in [5.41, 5.74) is 6.90. The topological polar surface area (TPSA) is 58.4 Å². The van der Waals surface area contributed by atoms with E-state index in [2.05, 4.69) is 33.1 Å². The van der Waals surface area contributed by atoms with Crippen LogP contribution in [0.2, 0.25) is 0 Å². The molecule has 0 spiro atoms. The summed E-state index contributed by atoms with van der Waals surface area (Å²) in [7, 11) is 0. The van der Waals surface area contributed by atoms with Crippen LogP contribution in [0.15, 0.2) is 22.7 Å². The van der Waals surface area contributed by atoms with Gasteiger partial charge in [-0.15, -0.1) is 0 Å². The van der Waals surface area contributed by atoms with Crippen LogP contribution in [0.5, 0.6) is 0 Å². The number of carbonyl (C=O) groups is 1. The van der Waals surface area contributed by atoms with Crippen molar-refractivity contribution in [1.29, 1.82) is 0 Å². The van der Waals surface area contributed by atoms with Gasteiger partial charge in [-0.2, -0.15) is 0 Å². The normalized spacial score (nSPS) is 20.4. The number of hydrogen-bond acceptors (Lipinski definition) is 3. The van der Waals surface area contributed by atoms with Gasteiger partial charge in [-0.1, -0.05) is 0 Å². The van der Waals surface area contributed by atoms with Gasteiger partial charge in [0.2, 0.25) is 5.91 Å². The number of nitrogens with two attached hydrogens (primary N) is 1. The van der Waals surface area contributed by atoms with Crippen LogP contribution in [0.25, 0.3) is 0 Å². The number of benzene rings is 1. The molecule has 3 N–H and O–H groups in total. The molecular formula is C12H16BrN3O. The molecule has 4 nitrogen and oxygen atoms in total. The van der Waals surface area contributed by atoms with Crippen LogP contribution in [-0.2, 0) is 0 Å². The van der Waals surface area contributed by atoms with Crippen molar-refractivity contribution in [3.63, 3.8) is 0 Å². The van der Waals surface area contributed by atoms with Crippen LogP contribution < -0.4 is 16.0 Å². The smallest absolute Gasteiger partial charge is 0.248 e. The molecule has 0 aliphatic carbocycles. The summed E-state index contributed by atoms with van der Waals surface area (Å²) in [4.78, 5) is 13.4. The third-order valence-corrected chi connectivity index (χ3v) is 3.58. The van der Waals surface area contributed by atoms with Gasteiger partial charge in [-0.25, -0.2) is 0 Å². The first-order chi connectivity index (χ1) is 8.08. The van der Waals surface area contributed by atoms with Crippen molar-refractivity contribution < 1.29 is 4.79 Å². The number of amides is 1. The lowest BCUT2D eigenvalue weighted by Gasteiger charge is -2.34. The van der Waals surface area contributed by atoms with Gasteiger partial charge in [-0.05, 0) is 41.1 Å². The molecule has 2 rings (SSSR count). The second kappa shape index (κ2) is 5.06. The zero-order chi connectivity index (χ0) is 12.4. The lowest BCUT2D eigenvalue weighted by atomic mass is 10.1. The summed E-state index contributed by atoms with van der Waals surface area (Å²) in [6, 6.07) is 5.98. The number of rotatable bonds is 2. The van der Waals surface area contributed by atoms with Gasteiger partial charge in [0.15, 0.2) is 0 Å². The van der Waals surface area contributed by atoms with E-state index in [0.29, 0.717) is 11.6 Å². The minimum atomic E-state index is -0.397. The molecule has 1 unspecified atom stereocenters. The van der Waals surface area contributed by atoms with Crippen LogP contribution in [-0.4, -0.2) is 31.6 Å². The molecular weight excluding hydrogens is 282 g/mol. The second-order valence-electron chi connectivity index (χ2n) is 4.33. The molecule has 1 aromatic rings. The summed E-state index contributed by atoms with van der Waals surface area (Å²) in [5.74, 6) is -0.397. The Kier molecular flexibility index (Phi) is 3.69. The minimum absolute atomic E-state index is 0.397. The fourth-order valence-corrected chi connectivity index (χ4v) is 2.70. The highest BCUT2D eigenvalue weighted by atomic mass is 79.9. The molecule has 1 atom stereocenters. The van der Waals surface area contributed by atoms with Crippen molar-refractivity contribution in [2.45, 2.75) is 13.0 Å². The van der Waals surface area contributed by atoms with Crippen molar-refractivity contribution in [1.82, 2.24) is 5.32 Å². The number of primary amides is 1. The summed E-state index contributed by atoms with van der Waals surface area (Å²) in [5, 5.41) is 3.40. The molecule has 0 saturated carbocycles. The SMILES string of the molecule is CC1CN(c2ccc(C(N)=O)cc2Br)CCN1. The minimum Gasteiger partial charge on any atom is -0.368 e. The van der Waals surface area contributed by atoms with Gasteiger partial charge in [0.25, 0.3) is 0 Å². The standard InChI is InChI=1S/C12H16BrN3O/c1-8-7-16(5-4-15-8)11-3-2-9(12(14)17)6-10(11)13/h2-3,6,8,15H,4-5,7H2,1H3,(H2,14,17). The number of nitrogens with zero attached hydrogens (tertiary/aromatic N) is 1. The van der Waals surface area contributed by atoms with Crippen LogP contribution in [0.4, 0.5) is 5.69 Å². The van der Waals surface area contributed by atoms with Crippen LogP contribution in [0.1, 0.15) is 17.3 Å². The van der Waals surface area contributed by atoms with Crippen molar-refractivity contribution in [2.24, 2.45) is 5.73 Å². The molecule has 1 aliphatic heterocycles. The largest absolute Gasteiger partial charge is 0.368 e. The predicted molar refractivity (Wildman–Crippen MR) is 72.3 cm³/mol. The molecule has 1 amide bonds. The van der Waals surface area contributed by atoms with E-state index >= 15 is 0 Å². The average Bonchev–Trinajstić information content (AvgIpc) is 2.28. The lowest BCUT2D eigenvalue weighted by molar-refractivity contribution is 0.100. The fourth-order valence-electron chi connectivity index (χ4n) is 2.07.